The van der Waals surface area contributed by atoms with Crippen LogP contribution in [0.2, 0.25) is 0 Å². The molecule has 0 aliphatic rings. The minimum absolute atomic E-state index is 0.0986. The SMILES string of the molecule is Cc1cc(C(=O)O)nc(-c2ccc(C)c(F)c2)n1. The molecule has 0 aliphatic carbocycles. The van der Waals surface area contributed by atoms with E-state index in [9.17, 15) is 9.18 Å². The highest BCUT2D eigenvalue weighted by Crippen LogP contribution is 2.19. The van der Waals surface area contributed by atoms with Crippen molar-refractivity contribution in [2.75, 3.05) is 0 Å². The number of benzene rings is 1. The summed E-state index contributed by atoms with van der Waals surface area (Å²) in [7, 11) is 0. The fourth-order valence-electron chi connectivity index (χ4n) is 1.54. The van der Waals surface area contributed by atoms with Gasteiger partial charge in [0.15, 0.2) is 11.5 Å². The number of carboxylic acids is 1. The standard InChI is InChI=1S/C13H11FN2O2/c1-7-3-4-9(6-10(7)14)12-15-8(2)5-11(16-12)13(17)18/h3-6H,1-2H3,(H,17,18). The van der Waals surface area contributed by atoms with Crippen molar-refractivity contribution in [2.24, 2.45) is 0 Å². The van der Waals surface area contributed by atoms with Crippen molar-refractivity contribution in [1.82, 2.24) is 9.97 Å². The van der Waals surface area contributed by atoms with Gasteiger partial charge in [-0.15, -0.1) is 0 Å². The molecule has 2 aromatic rings. The van der Waals surface area contributed by atoms with Crippen LogP contribution in [-0.4, -0.2) is 21.0 Å². The van der Waals surface area contributed by atoms with E-state index in [2.05, 4.69) is 9.97 Å². The summed E-state index contributed by atoms with van der Waals surface area (Å²) in [6.45, 7) is 3.32. The molecule has 0 bridgehead atoms. The Balaban J connectivity index is 2.56. The molecular formula is C13H11FN2O2. The average molecular weight is 246 g/mol. The highest BCUT2D eigenvalue weighted by atomic mass is 19.1. The fourth-order valence-corrected chi connectivity index (χ4v) is 1.54. The summed E-state index contributed by atoms with van der Waals surface area (Å²) in [4.78, 5) is 18.9. The van der Waals surface area contributed by atoms with Crippen LogP contribution in [0.15, 0.2) is 24.3 Å². The third-order valence-electron chi connectivity index (χ3n) is 2.50. The van der Waals surface area contributed by atoms with Gasteiger partial charge in [-0.3, -0.25) is 0 Å². The Morgan fingerprint density at radius 3 is 2.56 bits per heavy atom. The highest BCUT2D eigenvalue weighted by molar-refractivity contribution is 5.86. The Bertz CT molecular complexity index is 626. The van der Waals surface area contributed by atoms with E-state index in [1.165, 1.54) is 12.1 Å². The van der Waals surface area contributed by atoms with Crippen LogP contribution in [0.25, 0.3) is 11.4 Å². The summed E-state index contributed by atoms with van der Waals surface area (Å²) >= 11 is 0. The lowest BCUT2D eigenvalue weighted by Crippen LogP contribution is -2.04. The molecule has 0 fully saturated rings. The first kappa shape index (κ1) is 12.2. The second-order valence-corrected chi connectivity index (χ2v) is 3.99. The van der Waals surface area contributed by atoms with Crippen LogP contribution < -0.4 is 0 Å². The number of halogens is 1. The van der Waals surface area contributed by atoms with Crippen LogP contribution in [0.4, 0.5) is 4.39 Å². The lowest BCUT2D eigenvalue weighted by Gasteiger charge is -2.04. The number of hydrogen-bond acceptors (Lipinski definition) is 3. The molecule has 0 unspecified atom stereocenters. The molecule has 1 heterocycles. The van der Waals surface area contributed by atoms with E-state index in [1.807, 2.05) is 0 Å². The summed E-state index contributed by atoms with van der Waals surface area (Å²) in [5.74, 6) is -1.28. The fraction of sp³-hybridized carbons (Fsp3) is 0.154. The number of nitrogens with zero attached hydrogens (tertiary/aromatic N) is 2. The number of aromatic nitrogens is 2. The maximum Gasteiger partial charge on any atom is 0.354 e. The summed E-state index contributed by atoms with van der Waals surface area (Å²) in [6.07, 6.45) is 0. The Hall–Kier alpha value is -2.30. The molecule has 0 amide bonds. The van der Waals surface area contributed by atoms with Crippen LogP contribution in [0, 0.1) is 19.7 Å². The van der Waals surface area contributed by atoms with Crippen molar-refractivity contribution in [2.45, 2.75) is 13.8 Å². The Morgan fingerprint density at radius 2 is 1.94 bits per heavy atom. The van der Waals surface area contributed by atoms with Gasteiger partial charge in [-0.05, 0) is 31.5 Å². The minimum Gasteiger partial charge on any atom is -0.477 e. The molecule has 0 aliphatic heterocycles. The van der Waals surface area contributed by atoms with Gasteiger partial charge in [0.1, 0.15) is 5.82 Å². The van der Waals surface area contributed by atoms with Gasteiger partial charge in [-0.1, -0.05) is 12.1 Å². The van der Waals surface area contributed by atoms with Gasteiger partial charge in [-0.25, -0.2) is 19.2 Å². The van der Waals surface area contributed by atoms with E-state index < -0.39 is 5.97 Å². The van der Waals surface area contributed by atoms with Crippen molar-refractivity contribution in [3.63, 3.8) is 0 Å². The topological polar surface area (TPSA) is 63.1 Å². The third-order valence-corrected chi connectivity index (χ3v) is 2.50. The Labute approximate surface area is 103 Å². The van der Waals surface area contributed by atoms with Gasteiger partial charge < -0.3 is 5.11 Å². The lowest BCUT2D eigenvalue weighted by molar-refractivity contribution is 0.0690. The molecule has 92 valence electrons. The molecule has 2 rings (SSSR count). The summed E-state index contributed by atoms with van der Waals surface area (Å²) in [5.41, 5.74) is 1.41. The van der Waals surface area contributed by atoms with E-state index in [1.54, 1.807) is 26.0 Å². The largest absolute Gasteiger partial charge is 0.477 e. The summed E-state index contributed by atoms with van der Waals surface area (Å²) in [6, 6.07) is 5.95. The number of aromatic carboxylic acids is 1. The van der Waals surface area contributed by atoms with Gasteiger partial charge in [0.25, 0.3) is 0 Å². The zero-order valence-corrected chi connectivity index (χ0v) is 9.94. The van der Waals surface area contributed by atoms with Crippen LogP contribution in [0.3, 0.4) is 0 Å². The molecule has 5 heteroatoms. The molecule has 0 saturated heterocycles. The molecule has 4 nitrogen and oxygen atoms in total. The summed E-state index contributed by atoms with van der Waals surface area (Å²) in [5, 5.41) is 8.91. The quantitative estimate of drug-likeness (QED) is 0.884. The molecule has 1 N–H and O–H groups in total. The predicted molar refractivity (Wildman–Crippen MR) is 63.9 cm³/mol. The van der Waals surface area contributed by atoms with Gasteiger partial charge in [0.05, 0.1) is 0 Å². The van der Waals surface area contributed by atoms with Crippen LogP contribution in [0.1, 0.15) is 21.7 Å². The maximum absolute atomic E-state index is 13.5. The van der Waals surface area contributed by atoms with Crippen molar-refractivity contribution < 1.29 is 14.3 Å². The molecule has 0 radical (unpaired) electrons. The van der Waals surface area contributed by atoms with Crippen LogP contribution in [0.5, 0.6) is 0 Å². The van der Waals surface area contributed by atoms with E-state index in [0.29, 0.717) is 16.8 Å². The minimum atomic E-state index is -1.13. The molecule has 1 aromatic carbocycles. The lowest BCUT2D eigenvalue weighted by atomic mass is 10.1. The zero-order chi connectivity index (χ0) is 13.3. The van der Waals surface area contributed by atoms with E-state index in [-0.39, 0.29) is 17.3 Å². The van der Waals surface area contributed by atoms with E-state index >= 15 is 0 Å². The van der Waals surface area contributed by atoms with E-state index in [0.717, 1.165) is 0 Å². The first-order valence-corrected chi connectivity index (χ1v) is 5.33. The highest BCUT2D eigenvalue weighted by Gasteiger charge is 2.11. The number of rotatable bonds is 2. The first-order valence-electron chi connectivity index (χ1n) is 5.33. The van der Waals surface area contributed by atoms with Gasteiger partial charge in [-0.2, -0.15) is 0 Å². The molecule has 0 atom stereocenters. The number of aryl methyl sites for hydroxylation is 2. The van der Waals surface area contributed by atoms with Gasteiger partial charge in [0.2, 0.25) is 0 Å². The molecule has 0 spiro atoms. The van der Waals surface area contributed by atoms with Crippen LogP contribution in [-0.2, 0) is 0 Å². The van der Waals surface area contributed by atoms with Crippen molar-refractivity contribution in [3.05, 3.63) is 47.0 Å². The van der Waals surface area contributed by atoms with Crippen molar-refractivity contribution in [1.29, 1.82) is 0 Å². The van der Waals surface area contributed by atoms with Gasteiger partial charge >= 0.3 is 5.97 Å². The monoisotopic (exact) mass is 246 g/mol. The van der Waals surface area contributed by atoms with E-state index in [4.69, 9.17) is 5.11 Å². The van der Waals surface area contributed by atoms with Crippen LogP contribution >= 0.6 is 0 Å². The number of hydrogen-bond donors (Lipinski definition) is 1. The second-order valence-electron chi connectivity index (χ2n) is 3.99. The first-order chi connectivity index (χ1) is 8.47. The average Bonchev–Trinajstić information content (AvgIpc) is 2.31. The third kappa shape index (κ3) is 2.34. The molecular weight excluding hydrogens is 235 g/mol. The number of carbonyl (C=O) groups is 1. The number of carboxylic acid groups (broad SMARTS) is 1. The Kier molecular flexibility index (Phi) is 3.06. The molecule has 1 aromatic heterocycles. The van der Waals surface area contributed by atoms with Gasteiger partial charge in [0, 0.05) is 11.3 Å². The zero-order valence-electron chi connectivity index (χ0n) is 9.94. The summed E-state index contributed by atoms with van der Waals surface area (Å²) < 4.78 is 13.5. The second kappa shape index (κ2) is 4.52. The maximum atomic E-state index is 13.5. The smallest absolute Gasteiger partial charge is 0.354 e. The van der Waals surface area contributed by atoms with Crippen molar-refractivity contribution >= 4 is 5.97 Å². The predicted octanol–water partition coefficient (Wildman–Crippen LogP) is 2.60. The Morgan fingerprint density at radius 1 is 1.22 bits per heavy atom. The molecule has 0 saturated carbocycles. The molecule has 18 heavy (non-hydrogen) atoms. The van der Waals surface area contributed by atoms with Crippen molar-refractivity contribution in [3.8, 4) is 11.4 Å². The normalized spacial score (nSPS) is 10.4.